The Labute approximate surface area is 182 Å². The number of rotatable bonds is 7. The topological polar surface area (TPSA) is 64.7 Å². The summed E-state index contributed by atoms with van der Waals surface area (Å²) in [5, 5.41) is 8.18. The Bertz CT molecular complexity index is 841. The molecule has 2 heterocycles. The van der Waals surface area contributed by atoms with Crippen molar-refractivity contribution in [1.29, 1.82) is 0 Å². The lowest BCUT2D eigenvalue weighted by atomic mass is 10.1. The van der Waals surface area contributed by atoms with E-state index in [0.29, 0.717) is 17.8 Å². The number of nitrogens with zero attached hydrogens (tertiary/aromatic N) is 2. The number of benzene rings is 1. The van der Waals surface area contributed by atoms with E-state index in [0.717, 1.165) is 45.6 Å². The highest BCUT2D eigenvalue weighted by Gasteiger charge is 2.22. The molecule has 2 N–H and O–H groups in total. The molecule has 6 nitrogen and oxygen atoms in total. The molecule has 1 aliphatic carbocycles. The first kappa shape index (κ1) is 21.0. The maximum absolute atomic E-state index is 12.7. The van der Waals surface area contributed by atoms with Gasteiger partial charge < -0.3 is 10.6 Å². The number of nitrogens with one attached hydrogen (secondary N) is 2. The number of hydrogen-bond donors (Lipinski definition) is 2. The van der Waals surface area contributed by atoms with E-state index < -0.39 is 0 Å². The first-order chi connectivity index (χ1) is 14.7. The van der Waals surface area contributed by atoms with E-state index in [1.54, 1.807) is 23.5 Å². The second-order valence-corrected chi connectivity index (χ2v) is 9.21. The van der Waals surface area contributed by atoms with E-state index >= 15 is 0 Å². The molecule has 4 rings (SSSR count). The van der Waals surface area contributed by atoms with Crippen LogP contribution in [0.4, 0.5) is 5.69 Å². The molecule has 0 unspecified atom stereocenters. The van der Waals surface area contributed by atoms with Crippen LogP contribution in [0.1, 0.15) is 40.9 Å². The van der Waals surface area contributed by atoms with Crippen molar-refractivity contribution >= 4 is 28.8 Å². The Balaban J connectivity index is 1.26. The van der Waals surface area contributed by atoms with Crippen molar-refractivity contribution in [1.82, 2.24) is 15.1 Å². The van der Waals surface area contributed by atoms with Gasteiger partial charge in [0.15, 0.2) is 0 Å². The fourth-order valence-corrected chi connectivity index (χ4v) is 4.99. The van der Waals surface area contributed by atoms with Gasteiger partial charge in [-0.05, 0) is 36.4 Å². The largest absolute Gasteiger partial charge is 0.349 e. The summed E-state index contributed by atoms with van der Waals surface area (Å²) in [7, 11) is 0. The molecule has 0 spiro atoms. The molecular formula is C23H30N4O2S. The number of carbonyl (C=O) groups excluding carboxylic acids is 2. The van der Waals surface area contributed by atoms with E-state index in [9.17, 15) is 9.59 Å². The van der Waals surface area contributed by atoms with Crippen molar-refractivity contribution < 1.29 is 9.59 Å². The second-order valence-electron chi connectivity index (χ2n) is 8.18. The van der Waals surface area contributed by atoms with Crippen molar-refractivity contribution in [2.45, 2.75) is 38.3 Å². The average molecular weight is 427 g/mol. The molecule has 1 saturated carbocycles. The molecule has 7 heteroatoms. The minimum Gasteiger partial charge on any atom is -0.349 e. The predicted molar refractivity (Wildman–Crippen MR) is 121 cm³/mol. The molecule has 1 aromatic carbocycles. The van der Waals surface area contributed by atoms with E-state index in [-0.39, 0.29) is 17.9 Å². The zero-order valence-electron chi connectivity index (χ0n) is 17.3. The quantitative estimate of drug-likeness (QED) is 0.714. The highest BCUT2D eigenvalue weighted by Crippen LogP contribution is 2.20. The lowest BCUT2D eigenvalue weighted by molar-refractivity contribution is -0.117. The third-order valence-electron chi connectivity index (χ3n) is 5.93. The van der Waals surface area contributed by atoms with E-state index in [1.165, 1.54) is 17.7 Å². The summed E-state index contributed by atoms with van der Waals surface area (Å²) in [6.45, 7) is 5.02. The summed E-state index contributed by atoms with van der Waals surface area (Å²) in [5.41, 5.74) is 1.13. The van der Waals surface area contributed by atoms with Crippen molar-refractivity contribution in [3.05, 3.63) is 52.2 Å². The molecule has 0 radical (unpaired) electrons. The van der Waals surface area contributed by atoms with Gasteiger partial charge in [-0.2, -0.15) is 0 Å². The molecule has 1 aliphatic heterocycles. The van der Waals surface area contributed by atoms with Gasteiger partial charge in [0.05, 0.1) is 17.8 Å². The standard InChI is InChI=1S/C23H30N4O2S/c28-22(17-27-13-11-26(12-14-27)16-19-8-5-15-30-19)25-21-10-4-3-9-20(21)23(29)24-18-6-1-2-7-18/h3-5,8-10,15,18H,1-2,6-7,11-14,16-17H2,(H,24,29)(H,25,28). The number of thiophene rings is 1. The Kier molecular flexibility index (Phi) is 7.15. The van der Waals surface area contributed by atoms with Gasteiger partial charge in [-0.3, -0.25) is 19.4 Å². The van der Waals surface area contributed by atoms with Crippen LogP contribution in [0.5, 0.6) is 0 Å². The van der Waals surface area contributed by atoms with Crippen LogP contribution in [-0.4, -0.2) is 60.4 Å². The molecule has 160 valence electrons. The lowest BCUT2D eigenvalue weighted by Crippen LogP contribution is -2.48. The molecule has 0 bridgehead atoms. The van der Waals surface area contributed by atoms with Gasteiger partial charge >= 0.3 is 0 Å². The van der Waals surface area contributed by atoms with Gasteiger partial charge in [-0.1, -0.05) is 31.0 Å². The fourth-order valence-electron chi connectivity index (χ4n) is 4.24. The van der Waals surface area contributed by atoms with Gasteiger partial charge in [0.2, 0.25) is 5.91 Å². The van der Waals surface area contributed by atoms with Gasteiger partial charge in [0, 0.05) is 43.6 Å². The summed E-state index contributed by atoms with van der Waals surface area (Å²) < 4.78 is 0. The lowest BCUT2D eigenvalue weighted by Gasteiger charge is -2.34. The smallest absolute Gasteiger partial charge is 0.253 e. The minimum atomic E-state index is -0.0972. The van der Waals surface area contributed by atoms with Gasteiger partial charge in [0.25, 0.3) is 5.91 Å². The number of anilines is 1. The molecular weight excluding hydrogens is 396 g/mol. The van der Waals surface area contributed by atoms with Gasteiger partial charge in [-0.15, -0.1) is 11.3 Å². The summed E-state index contributed by atoms with van der Waals surface area (Å²) in [6.07, 6.45) is 4.42. The zero-order chi connectivity index (χ0) is 20.8. The molecule has 2 aromatic rings. The molecule has 1 saturated heterocycles. The summed E-state index contributed by atoms with van der Waals surface area (Å²) >= 11 is 1.79. The van der Waals surface area contributed by atoms with Crippen LogP contribution in [-0.2, 0) is 11.3 Å². The normalized spacial score (nSPS) is 18.4. The summed E-state index contributed by atoms with van der Waals surface area (Å²) in [6, 6.07) is 11.8. The summed E-state index contributed by atoms with van der Waals surface area (Å²) in [5.74, 6) is -0.164. The number of amides is 2. The first-order valence-electron chi connectivity index (χ1n) is 10.8. The third kappa shape index (κ3) is 5.68. The van der Waals surface area contributed by atoms with E-state index in [4.69, 9.17) is 0 Å². The Morgan fingerprint density at radius 3 is 2.43 bits per heavy atom. The SMILES string of the molecule is O=C(CN1CCN(Cc2cccs2)CC1)Nc1ccccc1C(=O)NC1CCCC1. The van der Waals surface area contributed by atoms with Crippen molar-refractivity contribution in [2.24, 2.45) is 0 Å². The van der Waals surface area contributed by atoms with Crippen LogP contribution in [0, 0.1) is 0 Å². The molecule has 1 aromatic heterocycles. The van der Waals surface area contributed by atoms with Crippen LogP contribution in [0.3, 0.4) is 0 Å². The van der Waals surface area contributed by atoms with Crippen LogP contribution in [0.25, 0.3) is 0 Å². The van der Waals surface area contributed by atoms with Gasteiger partial charge in [0.1, 0.15) is 0 Å². The zero-order valence-corrected chi connectivity index (χ0v) is 18.1. The van der Waals surface area contributed by atoms with Crippen molar-refractivity contribution in [3.63, 3.8) is 0 Å². The molecule has 0 atom stereocenters. The fraction of sp³-hybridized carbons (Fsp3) is 0.478. The molecule has 2 aliphatic rings. The van der Waals surface area contributed by atoms with Crippen molar-refractivity contribution in [3.8, 4) is 0 Å². The Morgan fingerprint density at radius 2 is 1.70 bits per heavy atom. The predicted octanol–water partition coefficient (Wildman–Crippen LogP) is 3.18. The van der Waals surface area contributed by atoms with E-state index in [1.807, 2.05) is 12.1 Å². The van der Waals surface area contributed by atoms with Crippen LogP contribution in [0.15, 0.2) is 41.8 Å². The van der Waals surface area contributed by atoms with Crippen molar-refractivity contribution in [2.75, 3.05) is 38.0 Å². The maximum atomic E-state index is 12.7. The van der Waals surface area contributed by atoms with Crippen LogP contribution in [0.2, 0.25) is 0 Å². The minimum absolute atomic E-state index is 0.0668. The first-order valence-corrected chi connectivity index (χ1v) is 11.7. The van der Waals surface area contributed by atoms with E-state index in [2.05, 4.69) is 37.9 Å². The van der Waals surface area contributed by atoms with Crippen LogP contribution < -0.4 is 10.6 Å². The maximum Gasteiger partial charge on any atom is 0.253 e. The van der Waals surface area contributed by atoms with Crippen LogP contribution >= 0.6 is 11.3 Å². The van der Waals surface area contributed by atoms with Gasteiger partial charge in [-0.25, -0.2) is 0 Å². The Hall–Kier alpha value is -2.22. The number of piperazine rings is 1. The Morgan fingerprint density at radius 1 is 0.967 bits per heavy atom. The molecule has 2 amide bonds. The second kappa shape index (κ2) is 10.2. The molecule has 30 heavy (non-hydrogen) atoms. The summed E-state index contributed by atoms with van der Waals surface area (Å²) in [4.78, 5) is 31.3. The third-order valence-corrected chi connectivity index (χ3v) is 6.79. The highest BCUT2D eigenvalue weighted by molar-refractivity contribution is 7.09. The monoisotopic (exact) mass is 426 g/mol. The average Bonchev–Trinajstić information content (AvgIpc) is 3.44. The number of hydrogen-bond acceptors (Lipinski definition) is 5. The highest BCUT2D eigenvalue weighted by atomic mass is 32.1. The number of carbonyl (C=O) groups is 2. The molecule has 2 fully saturated rings. The number of para-hydroxylation sites is 1.